The zero-order chi connectivity index (χ0) is 19.9. The van der Waals surface area contributed by atoms with Crippen molar-refractivity contribution in [1.29, 1.82) is 0 Å². The Labute approximate surface area is 173 Å². The molecular formula is C27H42O. The third-order valence-electron chi connectivity index (χ3n) is 9.48. The van der Waals surface area contributed by atoms with Crippen molar-refractivity contribution >= 4 is 0 Å². The van der Waals surface area contributed by atoms with E-state index in [0.717, 1.165) is 29.7 Å². The number of hydrogen-bond acceptors (Lipinski definition) is 1. The predicted molar refractivity (Wildman–Crippen MR) is 119 cm³/mol. The summed E-state index contributed by atoms with van der Waals surface area (Å²) in [5.41, 5.74) is 7.53. The third kappa shape index (κ3) is 3.26. The maximum Gasteiger partial charge on any atom is 0.0639 e. The highest BCUT2D eigenvalue weighted by atomic mass is 16.3. The van der Waals surface area contributed by atoms with Crippen molar-refractivity contribution in [1.82, 2.24) is 0 Å². The van der Waals surface area contributed by atoms with Gasteiger partial charge in [-0.3, -0.25) is 0 Å². The summed E-state index contributed by atoms with van der Waals surface area (Å²) >= 11 is 0. The second kappa shape index (κ2) is 7.78. The zero-order valence-electron chi connectivity index (χ0n) is 18.8. The summed E-state index contributed by atoms with van der Waals surface area (Å²) in [4.78, 5) is 0. The summed E-state index contributed by atoms with van der Waals surface area (Å²) in [5, 5.41) is 9.24. The fourth-order valence-electron chi connectivity index (χ4n) is 7.64. The van der Waals surface area contributed by atoms with Gasteiger partial charge in [0.05, 0.1) is 6.61 Å². The molecule has 0 aromatic carbocycles. The maximum atomic E-state index is 9.24. The molecule has 156 valence electrons. The van der Waals surface area contributed by atoms with E-state index in [4.69, 9.17) is 0 Å². The van der Waals surface area contributed by atoms with Crippen LogP contribution < -0.4 is 0 Å². The van der Waals surface area contributed by atoms with Crippen LogP contribution in [0.25, 0.3) is 0 Å². The first-order valence-corrected chi connectivity index (χ1v) is 12.1. The van der Waals surface area contributed by atoms with Crippen LogP contribution in [-0.4, -0.2) is 11.7 Å². The Kier molecular flexibility index (Phi) is 5.69. The van der Waals surface area contributed by atoms with Crippen LogP contribution >= 0.6 is 0 Å². The molecule has 1 unspecified atom stereocenters. The summed E-state index contributed by atoms with van der Waals surface area (Å²) in [6.45, 7) is 9.95. The minimum atomic E-state index is 0.206. The molecular weight excluding hydrogens is 340 g/mol. The van der Waals surface area contributed by atoms with Crippen molar-refractivity contribution in [2.45, 2.75) is 98.3 Å². The Morgan fingerprint density at radius 1 is 1.18 bits per heavy atom. The minimum absolute atomic E-state index is 0.206. The lowest BCUT2D eigenvalue weighted by molar-refractivity contribution is 0.107. The fraction of sp³-hybridized carbons (Fsp3) is 0.778. The van der Waals surface area contributed by atoms with E-state index in [-0.39, 0.29) is 6.61 Å². The Bertz CT molecular complexity index is 695. The lowest BCUT2D eigenvalue weighted by Gasteiger charge is -2.53. The van der Waals surface area contributed by atoms with Gasteiger partial charge in [-0.2, -0.15) is 0 Å². The van der Waals surface area contributed by atoms with Crippen LogP contribution in [-0.2, 0) is 0 Å². The summed E-state index contributed by atoms with van der Waals surface area (Å²) in [7, 11) is 0. The molecule has 0 radical (unpaired) electrons. The smallest absolute Gasteiger partial charge is 0.0639 e. The number of rotatable bonds is 5. The molecule has 0 aromatic heterocycles. The molecule has 1 fully saturated rings. The van der Waals surface area contributed by atoms with Gasteiger partial charge in [0.25, 0.3) is 0 Å². The molecule has 4 rings (SSSR count). The van der Waals surface area contributed by atoms with Crippen molar-refractivity contribution in [2.75, 3.05) is 6.61 Å². The van der Waals surface area contributed by atoms with Gasteiger partial charge in [0, 0.05) is 0 Å². The quantitative estimate of drug-likeness (QED) is 0.492. The molecule has 0 amide bonds. The van der Waals surface area contributed by atoms with Gasteiger partial charge in [-0.05, 0) is 104 Å². The van der Waals surface area contributed by atoms with Crippen molar-refractivity contribution in [3.8, 4) is 0 Å². The van der Waals surface area contributed by atoms with Gasteiger partial charge >= 0.3 is 0 Å². The van der Waals surface area contributed by atoms with Gasteiger partial charge in [0.2, 0.25) is 0 Å². The predicted octanol–water partition coefficient (Wildman–Crippen LogP) is 7.37. The highest BCUT2D eigenvalue weighted by Crippen LogP contribution is 2.64. The Morgan fingerprint density at radius 2 is 2.00 bits per heavy atom. The van der Waals surface area contributed by atoms with E-state index in [1.807, 2.05) is 18.1 Å². The molecule has 0 aromatic rings. The summed E-state index contributed by atoms with van der Waals surface area (Å²) < 4.78 is 0. The normalized spacial score (nSPS) is 39.2. The van der Waals surface area contributed by atoms with Gasteiger partial charge in [0.15, 0.2) is 0 Å². The summed E-state index contributed by atoms with van der Waals surface area (Å²) in [6, 6.07) is 0. The van der Waals surface area contributed by atoms with Crippen molar-refractivity contribution in [2.24, 2.45) is 28.6 Å². The van der Waals surface area contributed by atoms with E-state index in [2.05, 4.69) is 32.9 Å². The van der Waals surface area contributed by atoms with Crippen molar-refractivity contribution in [3.05, 3.63) is 34.4 Å². The van der Waals surface area contributed by atoms with Crippen LogP contribution in [0.1, 0.15) is 98.3 Å². The highest BCUT2D eigenvalue weighted by Gasteiger charge is 2.52. The zero-order valence-corrected chi connectivity index (χ0v) is 18.8. The maximum absolute atomic E-state index is 9.24. The lowest BCUT2D eigenvalue weighted by atomic mass is 9.52. The van der Waals surface area contributed by atoms with E-state index >= 15 is 0 Å². The van der Waals surface area contributed by atoms with Crippen LogP contribution in [0.5, 0.6) is 0 Å². The second-order valence-electron chi connectivity index (χ2n) is 11.0. The number of allylic oxidation sites excluding steroid dienone is 5. The van der Waals surface area contributed by atoms with E-state index < -0.39 is 0 Å². The SMILES string of the molecule is CC(=CCC[C@@H](C)[C@H]1CC=C2C3=C(CC[C@@]21C)[C@@]1(C)CCCCC1CC3)CO. The first-order chi connectivity index (χ1) is 13.4. The standard InChI is InChI=1S/C27H42O/c1-19(18-28)8-7-9-20(2)23-13-14-24-22-12-11-21-10-5-6-16-26(21,3)25(22)15-17-27(23,24)4/h8,14,20-21,23,28H,5-7,9-13,15-18H2,1-4H3/t20-,21?,23-,26+,27-/m1/s1. The molecule has 1 N–H and O–H groups in total. The fourth-order valence-corrected chi connectivity index (χ4v) is 7.64. The molecule has 1 heteroatoms. The second-order valence-corrected chi connectivity index (χ2v) is 11.0. The summed E-state index contributed by atoms with van der Waals surface area (Å²) in [5.74, 6) is 2.52. The Hall–Kier alpha value is -0.820. The molecule has 4 aliphatic carbocycles. The number of hydrogen-bond donors (Lipinski definition) is 1. The lowest BCUT2D eigenvalue weighted by Crippen LogP contribution is -2.41. The van der Waals surface area contributed by atoms with Gasteiger partial charge in [0.1, 0.15) is 0 Å². The number of aliphatic hydroxyl groups excluding tert-OH is 1. The molecule has 1 saturated carbocycles. The Morgan fingerprint density at radius 3 is 2.79 bits per heavy atom. The molecule has 0 heterocycles. The first-order valence-electron chi connectivity index (χ1n) is 12.1. The van der Waals surface area contributed by atoms with E-state index in [1.165, 1.54) is 64.2 Å². The largest absolute Gasteiger partial charge is 0.392 e. The van der Waals surface area contributed by atoms with E-state index in [0.29, 0.717) is 10.8 Å². The highest BCUT2D eigenvalue weighted by molar-refractivity contribution is 5.49. The van der Waals surface area contributed by atoms with Crippen LogP contribution in [0.15, 0.2) is 34.4 Å². The Balaban J connectivity index is 1.53. The van der Waals surface area contributed by atoms with Gasteiger partial charge in [-0.15, -0.1) is 0 Å². The molecule has 0 bridgehead atoms. The van der Waals surface area contributed by atoms with Gasteiger partial charge < -0.3 is 5.11 Å². The van der Waals surface area contributed by atoms with Crippen molar-refractivity contribution < 1.29 is 5.11 Å². The van der Waals surface area contributed by atoms with E-state index in [9.17, 15) is 5.11 Å². The third-order valence-corrected chi connectivity index (χ3v) is 9.48. The van der Waals surface area contributed by atoms with Crippen LogP contribution in [0.3, 0.4) is 0 Å². The topological polar surface area (TPSA) is 20.2 Å². The molecule has 28 heavy (non-hydrogen) atoms. The van der Waals surface area contributed by atoms with E-state index in [1.54, 1.807) is 5.57 Å². The van der Waals surface area contributed by atoms with Crippen molar-refractivity contribution in [3.63, 3.8) is 0 Å². The monoisotopic (exact) mass is 382 g/mol. The van der Waals surface area contributed by atoms with Crippen LogP contribution in [0, 0.1) is 28.6 Å². The molecule has 0 saturated heterocycles. The minimum Gasteiger partial charge on any atom is -0.392 e. The molecule has 1 nitrogen and oxygen atoms in total. The average molecular weight is 383 g/mol. The molecule has 0 spiro atoms. The molecule has 0 aliphatic heterocycles. The van der Waals surface area contributed by atoms with Gasteiger partial charge in [-0.1, -0.05) is 56.9 Å². The van der Waals surface area contributed by atoms with Crippen LogP contribution in [0.2, 0.25) is 0 Å². The average Bonchev–Trinajstić information content (AvgIpc) is 3.04. The number of fused-ring (bicyclic) bond motifs is 4. The first kappa shape index (κ1) is 20.5. The number of aliphatic hydroxyl groups is 1. The molecule has 5 atom stereocenters. The molecule has 4 aliphatic rings. The van der Waals surface area contributed by atoms with Crippen LogP contribution in [0.4, 0.5) is 0 Å². The summed E-state index contributed by atoms with van der Waals surface area (Å²) in [6.07, 6.45) is 19.9. The van der Waals surface area contributed by atoms with Gasteiger partial charge in [-0.25, -0.2) is 0 Å².